The first kappa shape index (κ1) is 13.3. The first-order chi connectivity index (χ1) is 8.43. The van der Waals surface area contributed by atoms with E-state index in [-0.39, 0.29) is 11.3 Å². The summed E-state index contributed by atoms with van der Waals surface area (Å²) in [5, 5.41) is 9.40. The van der Waals surface area contributed by atoms with Gasteiger partial charge in [-0.05, 0) is 31.1 Å². The van der Waals surface area contributed by atoms with Crippen LogP contribution < -0.4 is 0 Å². The Morgan fingerprint density at radius 3 is 2.61 bits per heavy atom. The number of carboxylic acid groups (broad SMARTS) is 1. The summed E-state index contributed by atoms with van der Waals surface area (Å²) < 4.78 is 5.38. The Bertz CT molecular complexity index is 347. The second-order valence-electron chi connectivity index (χ2n) is 5.87. The van der Waals surface area contributed by atoms with Crippen LogP contribution in [0.4, 0.5) is 0 Å². The fraction of sp³-hybridized carbons (Fsp3) is 0.846. The van der Waals surface area contributed by atoms with E-state index in [1.165, 1.54) is 4.90 Å². The van der Waals surface area contributed by atoms with E-state index < -0.39 is 18.1 Å². The fourth-order valence-electron chi connectivity index (χ4n) is 3.06. The number of rotatable bonds is 2. The maximum Gasteiger partial charge on any atom is 0.326 e. The molecule has 2 heterocycles. The van der Waals surface area contributed by atoms with Gasteiger partial charge in [0.1, 0.15) is 12.1 Å². The van der Waals surface area contributed by atoms with Gasteiger partial charge in [-0.25, -0.2) is 4.79 Å². The lowest BCUT2D eigenvalue weighted by Gasteiger charge is -2.44. The van der Waals surface area contributed by atoms with Crippen molar-refractivity contribution in [3.63, 3.8) is 0 Å². The molecule has 2 fully saturated rings. The Kier molecular flexibility index (Phi) is 3.61. The van der Waals surface area contributed by atoms with Gasteiger partial charge in [-0.2, -0.15) is 0 Å². The molecule has 2 rings (SSSR count). The van der Waals surface area contributed by atoms with E-state index >= 15 is 0 Å². The van der Waals surface area contributed by atoms with Crippen LogP contribution in [0.2, 0.25) is 0 Å². The largest absolute Gasteiger partial charge is 0.480 e. The van der Waals surface area contributed by atoms with Crippen LogP contribution >= 0.6 is 0 Å². The molecule has 1 N–H and O–H groups in total. The van der Waals surface area contributed by atoms with Gasteiger partial charge < -0.3 is 14.7 Å². The minimum absolute atomic E-state index is 0.146. The second kappa shape index (κ2) is 4.88. The topological polar surface area (TPSA) is 66.8 Å². The van der Waals surface area contributed by atoms with Crippen LogP contribution in [0.1, 0.15) is 39.5 Å². The number of nitrogens with zero attached hydrogens (tertiary/aromatic N) is 1. The summed E-state index contributed by atoms with van der Waals surface area (Å²) in [7, 11) is 0. The number of aliphatic carboxylic acids is 1. The molecule has 0 aromatic heterocycles. The number of carbonyl (C=O) groups is 2. The van der Waals surface area contributed by atoms with Crippen molar-refractivity contribution in [2.45, 2.75) is 51.7 Å². The maximum atomic E-state index is 12.3. The third-order valence-electron chi connectivity index (χ3n) is 3.99. The molecule has 2 unspecified atom stereocenters. The molecular formula is C13H21NO4. The van der Waals surface area contributed by atoms with Gasteiger partial charge in [-0.1, -0.05) is 13.8 Å². The van der Waals surface area contributed by atoms with Crippen LogP contribution in [0.15, 0.2) is 0 Å². The van der Waals surface area contributed by atoms with Crippen molar-refractivity contribution < 1.29 is 19.4 Å². The van der Waals surface area contributed by atoms with E-state index in [9.17, 15) is 14.7 Å². The lowest BCUT2D eigenvalue weighted by molar-refractivity contribution is -0.163. The molecule has 0 saturated carbocycles. The molecule has 0 bridgehead atoms. The summed E-state index contributed by atoms with van der Waals surface area (Å²) in [4.78, 5) is 25.3. The van der Waals surface area contributed by atoms with Crippen LogP contribution in [-0.2, 0) is 14.3 Å². The zero-order valence-corrected chi connectivity index (χ0v) is 11.0. The molecule has 2 aliphatic heterocycles. The smallest absolute Gasteiger partial charge is 0.326 e. The Morgan fingerprint density at radius 2 is 2.06 bits per heavy atom. The van der Waals surface area contributed by atoms with Crippen molar-refractivity contribution in [3.8, 4) is 0 Å². The van der Waals surface area contributed by atoms with Gasteiger partial charge in [0.2, 0.25) is 0 Å². The van der Waals surface area contributed by atoms with Crippen LogP contribution in [0.3, 0.4) is 0 Å². The third-order valence-corrected chi connectivity index (χ3v) is 3.99. The first-order valence-corrected chi connectivity index (χ1v) is 6.58. The zero-order chi connectivity index (χ0) is 13.3. The van der Waals surface area contributed by atoms with E-state index in [1.54, 1.807) is 0 Å². The van der Waals surface area contributed by atoms with E-state index in [1.807, 2.05) is 13.8 Å². The SMILES string of the molecule is CC1(C)CCCN(C(=O)C2CCCO2)C1C(=O)O. The van der Waals surface area contributed by atoms with Crippen molar-refractivity contribution in [2.75, 3.05) is 13.2 Å². The molecule has 1 amide bonds. The minimum Gasteiger partial charge on any atom is -0.480 e. The number of amides is 1. The summed E-state index contributed by atoms with van der Waals surface area (Å²) in [6.45, 7) is 4.96. The summed E-state index contributed by atoms with van der Waals surface area (Å²) in [5.41, 5.74) is -0.377. The molecule has 18 heavy (non-hydrogen) atoms. The molecule has 102 valence electrons. The van der Waals surface area contributed by atoms with Gasteiger partial charge in [0.15, 0.2) is 0 Å². The van der Waals surface area contributed by atoms with Gasteiger partial charge in [0, 0.05) is 13.2 Å². The Balaban J connectivity index is 2.18. The lowest BCUT2D eigenvalue weighted by atomic mass is 9.76. The van der Waals surface area contributed by atoms with Gasteiger partial charge >= 0.3 is 5.97 Å². The quantitative estimate of drug-likeness (QED) is 0.807. The molecule has 0 aliphatic carbocycles. The van der Waals surface area contributed by atoms with Gasteiger partial charge in [0.25, 0.3) is 5.91 Å². The Labute approximate surface area is 107 Å². The van der Waals surface area contributed by atoms with Crippen molar-refractivity contribution >= 4 is 11.9 Å². The van der Waals surface area contributed by atoms with E-state index in [2.05, 4.69) is 0 Å². The number of carbonyl (C=O) groups excluding carboxylic acids is 1. The predicted octanol–water partition coefficient (Wildman–Crippen LogP) is 1.27. The second-order valence-corrected chi connectivity index (χ2v) is 5.87. The van der Waals surface area contributed by atoms with E-state index in [4.69, 9.17) is 4.74 Å². The average molecular weight is 255 g/mol. The highest BCUT2D eigenvalue weighted by Crippen LogP contribution is 2.36. The van der Waals surface area contributed by atoms with Gasteiger partial charge in [0.05, 0.1) is 0 Å². The molecule has 2 saturated heterocycles. The number of piperidine rings is 1. The van der Waals surface area contributed by atoms with Crippen molar-refractivity contribution in [2.24, 2.45) is 5.41 Å². The summed E-state index contributed by atoms with van der Waals surface area (Å²) in [6.07, 6.45) is 2.85. The monoisotopic (exact) mass is 255 g/mol. The highest BCUT2D eigenvalue weighted by atomic mass is 16.5. The Morgan fingerprint density at radius 1 is 1.33 bits per heavy atom. The molecule has 0 radical (unpaired) electrons. The number of hydrogen-bond donors (Lipinski definition) is 1. The standard InChI is InChI=1S/C13H21NO4/c1-13(2)6-4-7-14(10(13)12(16)17)11(15)9-5-3-8-18-9/h9-10H,3-8H2,1-2H3,(H,16,17). The van der Waals surface area contributed by atoms with Crippen molar-refractivity contribution in [1.82, 2.24) is 4.90 Å². The minimum atomic E-state index is -0.911. The number of carboxylic acids is 1. The van der Waals surface area contributed by atoms with Crippen LogP contribution in [-0.4, -0.2) is 47.2 Å². The van der Waals surface area contributed by atoms with E-state index in [0.717, 1.165) is 19.3 Å². The zero-order valence-electron chi connectivity index (χ0n) is 11.0. The van der Waals surface area contributed by atoms with Gasteiger partial charge in [-0.3, -0.25) is 4.79 Å². The lowest BCUT2D eigenvalue weighted by Crippen LogP contribution is -2.58. The summed E-state index contributed by atoms with van der Waals surface area (Å²) in [6, 6.07) is -0.733. The number of ether oxygens (including phenoxy) is 1. The highest BCUT2D eigenvalue weighted by Gasteiger charge is 2.46. The molecule has 5 nitrogen and oxygen atoms in total. The molecule has 2 aliphatic rings. The molecule has 0 aromatic carbocycles. The Hall–Kier alpha value is -1.10. The molecule has 0 aromatic rings. The van der Waals surface area contributed by atoms with Crippen molar-refractivity contribution in [1.29, 1.82) is 0 Å². The third kappa shape index (κ3) is 2.36. The average Bonchev–Trinajstić information content (AvgIpc) is 2.79. The highest BCUT2D eigenvalue weighted by molar-refractivity contribution is 5.87. The first-order valence-electron chi connectivity index (χ1n) is 6.58. The number of hydrogen-bond acceptors (Lipinski definition) is 3. The fourth-order valence-corrected chi connectivity index (χ4v) is 3.06. The molecular weight excluding hydrogens is 234 g/mol. The van der Waals surface area contributed by atoms with E-state index in [0.29, 0.717) is 19.6 Å². The predicted molar refractivity (Wildman–Crippen MR) is 65.1 cm³/mol. The van der Waals surface area contributed by atoms with Crippen LogP contribution in [0, 0.1) is 5.41 Å². The maximum absolute atomic E-state index is 12.3. The normalized spacial score (nSPS) is 31.3. The van der Waals surface area contributed by atoms with Crippen LogP contribution in [0.5, 0.6) is 0 Å². The summed E-state index contributed by atoms with van der Waals surface area (Å²) >= 11 is 0. The number of likely N-dealkylation sites (tertiary alicyclic amines) is 1. The molecule has 0 spiro atoms. The van der Waals surface area contributed by atoms with Crippen molar-refractivity contribution in [3.05, 3.63) is 0 Å². The summed E-state index contributed by atoms with van der Waals surface area (Å²) in [5.74, 6) is -1.06. The van der Waals surface area contributed by atoms with Crippen LogP contribution in [0.25, 0.3) is 0 Å². The molecule has 2 atom stereocenters. The molecule has 5 heteroatoms. The van der Waals surface area contributed by atoms with Gasteiger partial charge in [-0.15, -0.1) is 0 Å².